The molecular formula is C21H28N4O. The first-order valence-electron chi connectivity index (χ1n) is 9.83. The molecule has 26 heavy (non-hydrogen) atoms. The van der Waals surface area contributed by atoms with Crippen LogP contribution in [0.15, 0.2) is 35.0 Å². The second-order valence-corrected chi connectivity index (χ2v) is 7.57. The molecule has 138 valence electrons. The minimum absolute atomic E-state index is 0.566. The fourth-order valence-electron chi connectivity index (χ4n) is 4.19. The van der Waals surface area contributed by atoms with Crippen LogP contribution in [0, 0.1) is 5.92 Å². The molecule has 0 radical (unpaired) electrons. The molecule has 1 fully saturated rings. The van der Waals surface area contributed by atoms with Gasteiger partial charge in [0, 0.05) is 48.7 Å². The Hall–Kier alpha value is -2.14. The highest BCUT2D eigenvalue weighted by atomic mass is 16.5. The number of rotatable bonds is 6. The van der Waals surface area contributed by atoms with Crippen molar-refractivity contribution in [1.82, 2.24) is 20.0 Å². The summed E-state index contributed by atoms with van der Waals surface area (Å²) in [6.07, 6.45) is 9.74. The molecule has 5 nitrogen and oxygen atoms in total. The molecule has 0 amide bonds. The molecule has 1 saturated carbocycles. The van der Waals surface area contributed by atoms with Crippen molar-refractivity contribution in [3.8, 4) is 11.4 Å². The van der Waals surface area contributed by atoms with Crippen LogP contribution in [0.25, 0.3) is 22.3 Å². The number of hydrogen-bond donors (Lipinski definition) is 1. The van der Waals surface area contributed by atoms with Gasteiger partial charge in [0.05, 0.1) is 0 Å². The molecule has 1 atom stereocenters. The lowest BCUT2D eigenvalue weighted by Gasteiger charge is -2.28. The maximum atomic E-state index is 5.49. The van der Waals surface area contributed by atoms with Crippen molar-refractivity contribution in [3.05, 3.63) is 36.4 Å². The zero-order valence-electron chi connectivity index (χ0n) is 15.7. The van der Waals surface area contributed by atoms with Gasteiger partial charge in [-0.05, 0) is 31.7 Å². The fraction of sp³-hybridized carbons (Fsp3) is 0.524. The summed E-state index contributed by atoms with van der Waals surface area (Å²) >= 11 is 0. The lowest BCUT2D eigenvalue weighted by atomic mass is 9.84. The summed E-state index contributed by atoms with van der Waals surface area (Å²) in [6.45, 7) is 3.19. The predicted molar refractivity (Wildman–Crippen MR) is 104 cm³/mol. The van der Waals surface area contributed by atoms with Gasteiger partial charge in [-0.1, -0.05) is 42.6 Å². The molecule has 1 aliphatic carbocycles. The second kappa shape index (κ2) is 7.62. The first-order valence-corrected chi connectivity index (χ1v) is 9.83. The smallest absolute Gasteiger partial charge is 0.228 e. The molecule has 0 bridgehead atoms. The Kier molecular flexibility index (Phi) is 5.07. The molecule has 4 rings (SSSR count). The van der Waals surface area contributed by atoms with Crippen LogP contribution in [0.3, 0.4) is 0 Å². The molecule has 1 N–H and O–H groups in total. The number of aryl methyl sites for hydroxylation is 1. The molecule has 5 heteroatoms. The van der Waals surface area contributed by atoms with E-state index in [4.69, 9.17) is 4.52 Å². The van der Waals surface area contributed by atoms with Crippen LogP contribution in [-0.4, -0.2) is 27.3 Å². The zero-order valence-corrected chi connectivity index (χ0v) is 15.7. The number of benzene rings is 1. The van der Waals surface area contributed by atoms with Gasteiger partial charge in [-0.2, -0.15) is 4.98 Å². The second-order valence-electron chi connectivity index (χ2n) is 7.57. The molecule has 0 aliphatic heterocycles. The average molecular weight is 352 g/mol. The minimum Gasteiger partial charge on any atom is -0.350 e. The van der Waals surface area contributed by atoms with E-state index in [2.05, 4.69) is 45.3 Å². The lowest BCUT2D eigenvalue weighted by molar-refractivity contribution is 0.279. The number of fused-ring (bicyclic) bond motifs is 1. The molecule has 0 unspecified atom stereocenters. The molecule has 0 saturated heterocycles. The number of nitrogens with zero attached hydrogens (tertiary/aromatic N) is 3. The first kappa shape index (κ1) is 17.3. The summed E-state index contributed by atoms with van der Waals surface area (Å²) < 4.78 is 7.60. The summed E-state index contributed by atoms with van der Waals surface area (Å²) in [5.74, 6) is 2.20. The van der Waals surface area contributed by atoms with Gasteiger partial charge in [-0.3, -0.25) is 0 Å². The number of nitrogens with one attached hydrogen (secondary N) is 1. The van der Waals surface area contributed by atoms with Gasteiger partial charge in [0.1, 0.15) is 0 Å². The van der Waals surface area contributed by atoms with Crippen molar-refractivity contribution in [2.75, 3.05) is 6.54 Å². The van der Waals surface area contributed by atoms with E-state index in [1.54, 1.807) is 0 Å². The maximum absolute atomic E-state index is 5.49. The molecule has 2 heterocycles. The molecule has 1 aliphatic rings. The lowest BCUT2D eigenvalue weighted by Crippen LogP contribution is -2.35. The van der Waals surface area contributed by atoms with E-state index in [1.165, 1.54) is 37.6 Å². The third-order valence-electron chi connectivity index (χ3n) is 5.77. The first-order chi connectivity index (χ1) is 12.7. The minimum atomic E-state index is 0.566. The number of aromatic nitrogens is 3. The Morgan fingerprint density at radius 1 is 1.23 bits per heavy atom. The van der Waals surface area contributed by atoms with E-state index in [0.29, 0.717) is 17.8 Å². The highest BCUT2D eigenvalue weighted by molar-refractivity contribution is 5.94. The monoisotopic (exact) mass is 352 g/mol. The van der Waals surface area contributed by atoms with Gasteiger partial charge < -0.3 is 14.4 Å². The van der Waals surface area contributed by atoms with Crippen molar-refractivity contribution < 1.29 is 4.52 Å². The normalized spacial score (nSPS) is 17.0. The van der Waals surface area contributed by atoms with Crippen LogP contribution in [0.4, 0.5) is 0 Å². The Labute approximate surface area is 154 Å². The third kappa shape index (κ3) is 3.54. The SMILES string of the molecule is C[C@@H](NCCc1nc(-c2cn(C)c3ccccc23)no1)C1CCCCC1. The van der Waals surface area contributed by atoms with E-state index < -0.39 is 0 Å². The molecule has 2 aromatic heterocycles. The zero-order chi connectivity index (χ0) is 17.9. The van der Waals surface area contributed by atoms with Crippen molar-refractivity contribution >= 4 is 10.9 Å². The van der Waals surface area contributed by atoms with Crippen molar-refractivity contribution in [2.24, 2.45) is 13.0 Å². The predicted octanol–water partition coefficient (Wildman–Crippen LogP) is 4.33. The van der Waals surface area contributed by atoms with Gasteiger partial charge in [0.15, 0.2) is 0 Å². The van der Waals surface area contributed by atoms with Gasteiger partial charge in [-0.15, -0.1) is 0 Å². The molecule has 0 spiro atoms. The quantitative estimate of drug-likeness (QED) is 0.717. The topological polar surface area (TPSA) is 55.9 Å². The van der Waals surface area contributed by atoms with Crippen molar-refractivity contribution in [2.45, 2.75) is 51.5 Å². The summed E-state index contributed by atoms with van der Waals surface area (Å²) in [4.78, 5) is 4.62. The van der Waals surface area contributed by atoms with E-state index in [1.807, 2.05) is 19.2 Å². The van der Waals surface area contributed by atoms with Crippen LogP contribution in [0.2, 0.25) is 0 Å². The molecule has 3 aromatic rings. The average Bonchev–Trinajstić information content (AvgIpc) is 3.27. The van der Waals surface area contributed by atoms with Crippen LogP contribution in [-0.2, 0) is 13.5 Å². The van der Waals surface area contributed by atoms with E-state index in [0.717, 1.165) is 29.8 Å². The fourth-order valence-corrected chi connectivity index (χ4v) is 4.19. The Morgan fingerprint density at radius 2 is 2.04 bits per heavy atom. The van der Waals surface area contributed by atoms with Gasteiger partial charge >= 0.3 is 0 Å². The van der Waals surface area contributed by atoms with Crippen LogP contribution in [0.5, 0.6) is 0 Å². The van der Waals surface area contributed by atoms with Gasteiger partial charge in [0.25, 0.3) is 0 Å². The number of hydrogen-bond acceptors (Lipinski definition) is 4. The van der Waals surface area contributed by atoms with Crippen molar-refractivity contribution in [3.63, 3.8) is 0 Å². The maximum Gasteiger partial charge on any atom is 0.228 e. The highest BCUT2D eigenvalue weighted by Crippen LogP contribution is 2.28. The van der Waals surface area contributed by atoms with E-state index in [9.17, 15) is 0 Å². The Balaban J connectivity index is 1.38. The highest BCUT2D eigenvalue weighted by Gasteiger charge is 2.20. The molecular weight excluding hydrogens is 324 g/mol. The Bertz CT molecular complexity index is 860. The standard InChI is InChI=1S/C21H28N4O/c1-15(16-8-4-3-5-9-16)22-13-12-20-23-21(24-26-20)18-14-25(2)19-11-7-6-10-17(18)19/h6-7,10-11,14-16,22H,3-5,8-9,12-13H2,1-2H3/t15-/m1/s1. The van der Waals surface area contributed by atoms with Gasteiger partial charge in [-0.25, -0.2) is 0 Å². The van der Waals surface area contributed by atoms with E-state index in [-0.39, 0.29) is 0 Å². The van der Waals surface area contributed by atoms with Crippen molar-refractivity contribution in [1.29, 1.82) is 0 Å². The summed E-state index contributed by atoms with van der Waals surface area (Å²) in [5.41, 5.74) is 2.21. The number of para-hydroxylation sites is 1. The third-order valence-corrected chi connectivity index (χ3v) is 5.77. The molecule has 1 aromatic carbocycles. The van der Waals surface area contributed by atoms with Crippen LogP contribution < -0.4 is 5.32 Å². The summed E-state index contributed by atoms with van der Waals surface area (Å²) in [7, 11) is 2.05. The van der Waals surface area contributed by atoms with Crippen LogP contribution in [0.1, 0.15) is 44.9 Å². The summed E-state index contributed by atoms with van der Waals surface area (Å²) in [6, 6.07) is 8.87. The Morgan fingerprint density at radius 3 is 2.88 bits per heavy atom. The van der Waals surface area contributed by atoms with Crippen LogP contribution >= 0.6 is 0 Å². The van der Waals surface area contributed by atoms with Gasteiger partial charge in [0.2, 0.25) is 11.7 Å². The largest absolute Gasteiger partial charge is 0.350 e. The summed E-state index contributed by atoms with van der Waals surface area (Å²) in [5, 5.41) is 9.02. The van der Waals surface area contributed by atoms with E-state index >= 15 is 0 Å².